The van der Waals surface area contributed by atoms with E-state index in [0.29, 0.717) is 49.5 Å². The molecule has 0 saturated carbocycles. The van der Waals surface area contributed by atoms with Gasteiger partial charge in [-0.05, 0) is 44.0 Å². The van der Waals surface area contributed by atoms with Crippen molar-refractivity contribution in [3.8, 4) is 5.75 Å². The third-order valence-electron chi connectivity index (χ3n) is 5.43. The molecule has 2 aliphatic heterocycles. The third kappa shape index (κ3) is 2.94. The van der Waals surface area contributed by atoms with Gasteiger partial charge in [0, 0.05) is 18.7 Å². The molecule has 134 valence electrons. The Bertz CT molecular complexity index is 837. The van der Waals surface area contributed by atoms with E-state index in [1.165, 1.54) is 0 Å². The first-order valence-corrected chi connectivity index (χ1v) is 8.97. The van der Waals surface area contributed by atoms with Crippen molar-refractivity contribution in [1.29, 1.82) is 0 Å². The van der Waals surface area contributed by atoms with E-state index in [-0.39, 0.29) is 11.8 Å². The lowest BCUT2D eigenvalue weighted by molar-refractivity contribution is -0.129. The molecule has 0 aliphatic carbocycles. The summed E-state index contributed by atoms with van der Waals surface area (Å²) in [4.78, 5) is 27.4. The number of piperidine rings is 1. The van der Waals surface area contributed by atoms with Gasteiger partial charge in [-0.25, -0.2) is 0 Å². The molecule has 1 saturated heterocycles. The number of rotatable bonds is 1. The summed E-state index contributed by atoms with van der Waals surface area (Å²) in [5.41, 5.74) is 1.96. The van der Waals surface area contributed by atoms with Gasteiger partial charge in [0.1, 0.15) is 12.4 Å². The lowest BCUT2D eigenvalue weighted by Gasteiger charge is -2.39. The monoisotopic (exact) mass is 350 g/mol. The molecule has 1 fully saturated rings. The Morgan fingerprint density at radius 3 is 2.50 bits per heavy atom. The molecule has 26 heavy (non-hydrogen) atoms. The molecule has 5 nitrogen and oxygen atoms in total. The largest absolute Gasteiger partial charge is 0.490 e. The number of anilines is 1. The van der Waals surface area contributed by atoms with Crippen molar-refractivity contribution in [3.05, 3.63) is 59.7 Å². The third-order valence-corrected chi connectivity index (χ3v) is 5.43. The molecule has 0 atom stereocenters. The maximum atomic E-state index is 12.8. The number of hydrogen-bond donors (Lipinski definition) is 1. The zero-order valence-electron chi connectivity index (χ0n) is 14.8. The maximum absolute atomic E-state index is 12.8. The summed E-state index contributed by atoms with van der Waals surface area (Å²) in [6.07, 6.45) is 1.20. The fraction of sp³-hybridized carbons (Fsp3) is 0.333. The first kappa shape index (κ1) is 16.6. The van der Waals surface area contributed by atoms with Crippen LogP contribution in [0.3, 0.4) is 0 Å². The van der Waals surface area contributed by atoms with E-state index in [1.807, 2.05) is 60.4 Å². The molecule has 2 aromatic carbocycles. The highest BCUT2D eigenvalue weighted by Gasteiger charge is 2.44. The number of ether oxygens (including phenoxy) is 1. The highest BCUT2D eigenvalue weighted by Crippen LogP contribution is 2.38. The van der Waals surface area contributed by atoms with E-state index in [9.17, 15) is 9.59 Å². The van der Waals surface area contributed by atoms with Gasteiger partial charge in [-0.1, -0.05) is 29.8 Å². The van der Waals surface area contributed by atoms with Crippen LogP contribution in [0.4, 0.5) is 5.69 Å². The number of para-hydroxylation sites is 2. The second-order valence-electron chi connectivity index (χ2n) is 7.18. The number of carbonyl (C=O) groups is 2. The van der Waals surface area contributed by atoms with Crippen LogP contribution in [0, 0.1) is 12.3 Å². The molecular weight excluding hydrogens is 328 g/mol. The van der Waals surface area contributed by atoms with E-state index in [0.717, 1.165) is 5.56 Å². The number of fused-ring (bicyclic) bond motifs is 1. The second-order valence-corrected chi connectivity index (χ2v) is 7.18. The Morgan fingerprint density at radius 2 is 1.77 bits per heavy atom. The normalized spacial score (nSPS) is 18.5. The van der Waals surface area contributed by atoms with Gasteiger partial charge in [0.2, 0.25) is 5.91 Å². The van der Waals surface area contributed by atoms with E-state index in [1.54, 1.807) is 0 Å². The average molecular weight is 350 g/mol. The predicted molar refractivity (Wildman–Crippen MR) is 99.3 cm³/mol. The van der Waals surface area contributed by atoms with E-state index >= 15 is 0 Å². The minimum Gasteiger partial charge on any atom is -0.490 e. The molecule has 0 radical (unpaired) electrons. The number of benzene rings is 2. The molecule has 0 unspecified atom stereocenters. The Labute approximate surface area is 153 Å². The van der Waals surface area contributed by atoms with Crippen LogP contribution in [0.1, 0.15) is 28.8 Å². The lowest BCUT2D eigenvalue weighted by atomic mass is 9.78. The van der Waals surface area contributed by atoms with Crippen LogP contribution in [0.25, 0.3) is 0 Å². The highest BCUT2D eigenvalue weighted by atomic mass is 16.5. The fourth-order valence-corrected chi connectivity index (χ4v) is 3.62. The SMILES string of the molecule is Cc1ccc(C(=O)N2CCC3(CC2)COc2ccccc2NC3=O)cc1. The van der Waals surface area contributed by atoms with Gasteiger partial charge >= 0.3 is 0 Å². The molecular formula is C21H22N2O3. The van der Waals surface area contributed by atoms with Crippen molar-refractivity contribution in [1.82, 2.24) is 4.90 Å². The molecule has 1 N–H and O–H groups in total. The predicted octanol–water partition coefficient (Wildman–Crippen LogP) is 3.25. The van der Waals surface area contributed by atoms with Crippen LogP contribution in [-0.2, 0) is 4.79 Å². The Balaban J connectivity index is 1.47. The van der Waals surface area contributed by atoms with E-state index in [2.05, 4.69) is 5.32 Å². The smallest absolute Gasteiger partial charge is 0.253 e. The van der Waals surface area contributed by atoms with Gasteiger partial charge in [-0.2, -0.15) is 0 Å². The van der Waals surface area contributed by atoms with Crippen LogP contribution >= 0.6 is 0 Å². The van der Waals surface area contributed by atoms with Crippen LogP contribution in [0.5, 0.6) is 5.75 Å². The standard InChI is InChI=1S/C21H22N2O3/c1-15-6-8-16(9-7-15)19(24)23-12-10-21(11-13-23)14-26-18-5-3-2-4-17(18)22-20(21)25/h2-9H,10-14H2,1H3,(H,22,25). The molecule has 4 rings (SSSR count). The summed E-state index contributed by atoms with van der Waals surface area (Å²) in [6.45, 7) is 3.46. The van der Waals surface area contributed by atoms with Crippen molar-refractivity contribution in [3.63, 3.8) is 0 Å². The van der Waals surface area contributed by atoms with Crippen molar-refractivity contribution in [2.75, 3.05) is 25.0 Å². The van der Waals surface area contributed by atoms with Gasteiger partial charge in [0.05, 0.1) is 11.1 Å². The zero-order chi connectivity index (χ0) is 18.1. The minimum absolute atomic E-state index is 0.00937. The summed E-state index contributed by atoms with van der Waals surface area (Å²) in [6, 6.07) is 15.1. The minimum atomic E-state index is -0.580. The summed E-state index contributed by atoms with van der Waals surface area (Å²) >= 11 is 0. The quantitative estimate of drug-likeness (QED) is 0.859. The van der Waals surface area contributed by atoms with Crippen molar-refractivity contribution < 1.29 is 14.3 Å². The molecule has 2 aromatic rings. The number of carbonyl (C=O) groups excluding carboxylic acids is 2. The first-order valence-electron chi connectivity index (χ1n) is 8.97. The van der Waals surface area contributed by atoms with E-state index in [4.69, 9.17) is 4.74 Å². The number of nitrogens with one attached hydrogen (secondary N) is 1. The molecule has 0 bridgehead atoms. The van der Waals surface area contributed by atoms with Crippen LogP contribution in [0.2, 0.25) is 0 Å². The number of hydrogen-bond acceptors (Lipinski definition) is 3. The fourth-order valence-electron chi connectivity index (χ4n) is 3.62. The molecule has 0 aromatic heterocycles. The summed E-state index contributed by atoms with van der Waals surface area (Å²) in [7, 11) is 0. The number of likely N-dealkylation sites (tertiary alicyclic amines) is 1. The first-order chi connectivity index (χ1) is 12.6. The summed E-state index contributed by atoms with van der Waals surface area (Å²) < 4.78 is 5.92. The van der Waals surface area contributed by atoms with Gasteiger partial charge in [0.15, 0.2) is 0 Å². The Hall–Kier alpha value is -2.82. The molecule has 2 aliphatic rings. The summed E-state index contributed by atoms with van der Waals surface area (Å²) in [5, 5.41) is 3.00. The topological polar surface area (TPSA) is 58.6 Å². The number of amides is 2. The van der Waals surface area contributed by atoms with Gasteiger partial charge in [0.25, 0.3) is 5.91 Å². The Morgan fingerprint density at radius 1 is 1.08 bits per heavy atom. The molecule has 2 amide bonds. The Kier molecular flexibility index (Phi) is 4.15. The van der Waals surface area contributed by atoms with Crippen molar-refractivity contribution in [2.24, 2.45) is 5.41 Å². The van der Waals surface area contributed by atoms with Gasteiger partial charge in [-0.15, -0.1) is 0 Å². The second kappa shape index (κ2) is 6.48. The van der Waals surface area contributed by atoms with Crippen molar-refractivity contribution >= 4 is 17.5 Å². The van der Waals surface area contributed by atoms with Gasteiger partial charge in [-0.3, -0.25) is 9.59 Å². The maximum Gasteiger partial charge on any atom is 0.253 e. The van der Waals surface area contributed by atoms with Crippen molar-refractivity contribution in [2.45, 2.75) is 19.8 Å². The average Bonchev–Trinajstić information content (AvgIpc) is 2.80. The summed E-state index contributed by atoms with van der Waals surface area (Å²) in [5.74, 6) is 0.721. The molecule has 1 spiro atoms. The molecule has 5 heteroatoms. The molecule has 2 heterocycles. The van der Waals surface area contributed by atoms with Crippen LogP contribution < -0.4 is 10.1 Å². The zero-order valence-corrected chi connectivity index (χ0v) is 14.8. The van der Waals surface area contributed by atoms with Gasteiger partial charge < -0.3 is 15.0 Å². The van der Waals surface area contributed by atoms with Crippen LogP contribution in [0.15, 0.2) is 48.5 Å². The number of nitrogens with zero attached hydrogens (tertiary/aromatic N) is 1. The van der Waals surface area contributed by atoms with E-state index < -0.39 is 5.41 Å². The van der Waals surface area contributed by atoms with Crippen LogP contribution in [-0.4, -0.2) is 36.4 Å². The number of aryl methyl sites for hydroxylation is 1. The lowest BCUT2D eigenvalue weighted by Crippen LogP contribution is -2.50. The highest BCUT2D eigenvalue weighted by molar-refractivity contribution is 5.98.